The van der Waals surface area contributed by atoms with E-state index in [-0.39, 0.29) is 5.91 Å². The zero-order chi connectivity index (χ0) is 8.27. The molecule has 1 N–H and O–H groups in total. The van der Waals surface area contributed by atoms with Crippen molar-refractivity contribution in [2.45, 2.75) is 20.4 Å². The number of carbonyl (C=O) groups is 1. The smallest absolute Gasteiger partial charge is 0.217 e. The van der Waals surface area contributed by atoms with Crippen LogP contribution in [-0.4, -0.2) is 10.3 Å². The Morgan fingerprint density at radius 3 is 3.00 bits per heavy atom. The number of carbonyl (C=O) groups excluding carboxylic acids is 1. The maximum Gasteiger partial charge on any atom is 0.217 e. The molecule has 0 spiro atoms. The topological polar surface area (TPSA) is 42.0 Å². The highest BCUT2D eigenvalue weighted by Crippen LogP contribution is 2.07. The molecular formula is C7H10N2OS. The predicted molar refractivity (Wildman–Crippen MR) is 44.4 cm³/mol. The number of nitrogens with zero attached hydrogens (tertiary/aromatic N) is 1. The fraction of sp³-hybridized carbons (Fsp3) is 0.429. The Bertz CT molecular complexity index is 257. The third kappa shape index (κ3) is 2.67. The second-order valence-corrected chi connectivity index (χ2v) is 3.23. The third-order valence-electron chi connectivity index (χ3n) is 1.19. The Morgan fingerprint density at radius 1 is 1.82 bits per heavy atom. The molecule has 0 atom stereocenters. The van der Waals surface area contributed by atoms with E-state index >= 15 is 0 Å². The highest BCUT2D eigenvalue weighted by atomic mass is 32.1. The monoisotopic (exact) mass is 170 g/mol. The molecule has 0 radical (unpaired) electrons. The van der Waals surface area contributed by atoms with Crippen LogP contribution in [0, 0.1) is 6.92 Å². The van der Waals surface area contributed by atoms with Crippen LogP contribution < -0.4 is 5.32 Å². The highest BCUT2D eigenvalue weighted by molar-refractivity contribution is 7.05. The van der Waals surface area contributed by atoms with E-state index < -0.39 is 0 Å². The van der Waals surface area contributed by atoms with Crippen molar-refractivity contribution in [3.8, 4) is 0 Å². The van der Waals surface area contributed by atoms with Gasteiger partial charge in [-0.1, -0.05) is 0 Å². The van der Waals surface area contributed by atoms with E-state index in [0.717, 1.165) is 10.6 Å². The molecule has 1 aromatic rings. The summed E-state index contributed by atoms with van der Waals surface area (Å²) in [7, 11) is 0. The number of nitrogens with one attached hydrogen (secondary N) is 1. The molecule has 0 saturated heterocycles. The summed E-state index contributed by atoms with van der Waals surface area (Å²) in [6, 6.07) is 1.97. The zero-order valence-corrected chi connectivity index (χ0v) is 7.36. The van der Waals surface area contributed by atoms with Crippen molar-refractivity contribution >= 4 is 17.4 Å². The van der Waals surface area contributed by atoms with Gasteiger partial charge in [0.1, 0.15) is 0 Å². The lowest BCUT2D eigenvalue weighted by atomic mass is 10.4. The zero-order valence-electron chi connectivity index (χ0n) is 6.55. The van der Waals surface area contributed by atoms with E-state index in [1.807, 2.05) is 13.0 Å². The molecule has 0 aliphatic carbocycles. The van der Waals surface area contributed by atoms with Gasteiger partial charge in [0.25, 0.3) is 0 Å². The quantitative estimate of drug-likeness (QED) is 0.721. The van der Waals surface area contributed by atoms with Crippen LogP contribution in [0.5, 0.6) is 0 Å². The molecule has 1 aromatic heterocycles. The van der Waals surface area contributed by atoms with E-state index in [1.54, 1.807) is 0 Å². The average Bonchev–Trinajstić information content (AvgIpc) is 2.31. The lowest BCUT2D eigenvalue weighted by molar-refractivity contribution is -0.119. The number of aromatic nitrogens is 1. The van der Waals surface area contributed by atoms with Gasteiger partial charge >= 0.3 is 0 Å². The number of hydrogen-bond donors (Lipinski definition) is 1. The van der Waals surface area contributed by atoms with Crippen LogP contribution in [0.25, 0.3) is 0 Å². The molecule has 0 fully saturated rings. The molecule has 0 aliphatic heterocycles. The molecule has 0 unspecified atom stereocenters. The molecule has 3 nitrogen and oxygen atoms in total. The molecule has 11 heavy (non-hydrogen) atoms. The first kappa shape index (κ1) is 8.20. The van der Waals surface area contributed by atoms with Crippen LogP contribution in [0.15, 0.2) is 6.07 Å². The Kier molecular flexibility index (Phi) is 2.59. The third-order valence-corrected chi connectivity index (χ3v) is 2.06. The molecular weight excluding hydrogens is 160 g/mol. The van der Waals surface area contributed by atoms with Gasteiger partial charge in [-0.15, -0.1) is 0 Å². The second kappa shape index (κ2) is 3.48. The van der Waals surface area contributed by atoms with Crippen LogP contribution in [0.2, 0.25) is 0 Å². The fourth-order valence-corrected chi connectivity index (χ4v) is 1.39. The molecule has 0 aliphatic rings. The van der Waals surface area contributed by atoms with E-state index in [2.05, 4.69) is 9.69 Å². The van der Waals surface area contributed by atoms with Crippen molar-refractivity contribution in [2.75, 3.05) is 0 Å². The average molecular weight is 170 g/mol. The second-order valence-electron chi connectivity index (χ2n) is 2.34. The standard InChI is InChI=1S/C7H10N2OS/c1-5-3-7(11-9-5)4-8-6(2)10/h3H,4H2,1-2H3,(H,8,10). The van der Waals surface area contributed by atoms with Crippen molar-refractivity contribution in [3.05, 3.63) is 16.6 Å². The summed E-state index contributed by atoms with van der Waals surface area (Å²) < 4.78 is 4.08. The molecule has 0 aromatic carbocycles. The van der Waals surface area contributed by atoms with Crippen molar-refractivity contribution in [2.24, 2.45) is 0 Å². The normalized spacial score (nSPS) is 9.64. The van der Waals surface area contributed by atoms with Gasteiger partial charge in [0.05, 0.1) is 12.2 Å². The minimum absolute atomic E-state index is 0.00365. The predicted octanol–water partition coefficient (Wildman–Crippen LogP) is 1.09. The lowest BCUT2D eigenvalue weighted by Crippen LogP contribution is -2.18. The van der Waals surface area contributed by atoms with Crippen LogP contribution in [0.4, 0.5) is 0 Å². The maximum absolute atomic E-state index is 10.5. The minimum atomic E-state index is -0.00365. The first-order valence-electron chi connectivity index (χ1n) is 3.35. The largest absolute Gasteiger partial charge is 0.351 e. The van der Waals surface area contributed by atoms with Crippen molar-refractivity contribution < 1.29 is 4.79 Å². The summed E-state index contributed by atoms with van der Waals surface area (Å²) in [5.41, 5.74) is 1.01. The summed E-state index contributed by atoms with van der Waals surface area (Å²) in [5.74, 6) is -0.00365. The van der Waals surface area contributed by atoms with Gasteiger partial charge in [-0.25, -0.2) is 0 Å². The summed E-state index contributed by atoms with van der Waals surface area (Å²) in [5, 5.41) is 2.71. The highest BCUT2D eigenvalue weighted by Gasteiger charge is 1.97. The fourth-order valence-electron chi connectivity index (χ4n) is 0.711. The number of aryl methyl sites for hydroxylation is 1. The van der Waals surface area contributed by atoms with Gasteiger partial charge in [0, 0.05) is 11.8 Å². The molecule has 0 saturated carbocycles. The van der Waals surface area contributed by atoms with Gasteiger partial charge in [-0.05, 0) is 24.5 Å². The van der Waals surface area contributed by atoms with Crippen LogP contribution in [0.3, 0.4) is 0 Å². The van der Waals surface area contributed by atoms with Gasteiger partial charge in [0.2, 0.25) is 5.91 Å². The molecule has 1 rings (SSSR count). The van der Waals surface area contributed by atoms with Crippen molar-refractivity contribution in [1.82, 2.24) is 9.69 Å². The number of rotatable bonds is 2. The Balaban J connectivity index is 2.45. The number of amides is 1. The summed E-state index contributed by atoms with van der Waals surface area (Å²) in [6.45, 7) is 4.04. The number of hydrogen-bond acceptors (Lipinski definition) is 3. The lowest BCUT2D eigenvalue weighted by Gasteiger charge is -1.95. The van der Waals surface area contributed by atoms with Gasteiger partial charge in [0.15, 0.2) is 0 Å². The maximum atomic E-state index is 10.5. The summed E-state index contributed by atoms with van der Waals surface area (Å²) >= 11 is 1.43. The molecule has 1 heterocycles. The van der Waals surface area contributed by atoms with E-state index in [4.69, 9.17) is 0 Å². The first-order valence-corrected chi connectivity index (χ1v) is 4.12. The summed E-state index contributed by atoms with van der Waals surface area (Å²) in [6.07, 6.45) is 0. The van der Waals surface area contributed by atoms with Crippen molar-refractivity contribution in [3.63, 3.8) is 0 Å². The van der Waals surface area contributed by atoms with Crippen LogP contribution in [-0.2, 0) is 11.3 Å². The van der Waals surface area contributed by atoms with Gasteiger partial charge in [-0.3, -0.25) is 4.79 Å². The first-order chi connectivity index (χ1) is 5.18. The minimum Gasteiger partial charge on any atom is -0.351 e. The van der Waals surface area contributed by atoms with E-state index in [1.165, 1.54) is 18.5 Å². The molecule has 4 heteroatoms. The van der Waals surface area contributed by atoms with Crippen LogP contribution >= 0.6 is 11.5 Å². The molecule has 0 bridgehead atoms. The van der Waals surface area contributed by atoms with E-state index in [0.29, 0.717) is 6.54 Å². The van der Waals surface area contributed by atoms with Crippen molar-refractivity contribution in [1.29, 1.82) is 0 Å². The van der Waals surface area contributed by atoms with Gasteiger partial charge in [-0.2, -0.15) is 4.37 Å². The molecule has 1 amide bonds. The Labute approximate surface area is 69.6 Å². The molecule has 60 valence electrons. The Hall–Kier alpha value is -0.900. The SMILES string of the molecule is CC(=O)NCc1cc(C)ns1. The summed E-state index contributed by atoms with van der Waals surface area (Å²) in [4.78, 5) is 11.6. The Morgan fingerprint density at radius 2 is 2.55 bits per heavy atom. The van der Waals surface area contributed by atoms with Crippen LogP contribution in [0.1, 0.15) is 17.5 Å². The van der Waals surface area contributed by atoms with E-state index in [9.17, 15) is 4.79 Å². The van der Waals surface area contributed by atoms with Gasteiger partial charge < -0.3 is 5.32 Å².